The number of carboxylic acid groups (broad SMARTS) is 1. The van der Waals surface area contributed by atoms with Gasteiger partial charge in [-0.15, -0.1) is 0 Å². The molecule has 5 heteroatoms. The van der Waals surface area contributed by atoms with Crippen LogP contribution >= 0.6 is 0 Å². The van der Waals surface area contributed by atoms with Gasteiger partial charge in [-0.05, 0) is 38.0 Å². The molecule has 5 nitrogen and oxygen atoms in total. The SMILES string of the molecule is CC(C)OCCCC(=O)Nc1cccc(CC(=O)O)c1. The van der Waals surface area contributed by atoms with Gasteiger partial charge in [0, 0.05) is 18.7 Å². The monoisotopic (exact) mass is 279 g/mol. The third-order valence-electron chi connectivity index (χ3n) is 2.57. The van der Waals surface area contributed by atoms with Crippen LogP contribution < -0.4 is 5.32 Å². The molecule has 1 aromatic carbocycles. The van der Waals surface area contributed by atoms with E-state index in [-0.39, 0.29) is 18.4 Å². The summed E-state index contributed by atoms with van der Waals surface area (Å²) in [5, 5.41) is 11.5. The summed E-state index contributed by atoms with van der Waals surface area (Å²) in [6, 6.07) is 6.88. The minimum absolute atomic E-state index is 0.0497. The lowest BCUT2D eigenvalue weighted by Crippen LogP contribution is -2.13. The minimum Gasteiger partial charge on any atom is -0.481 e. The average molecular weight is 279 g/mol. The number of aliphatic carboxylic acids is 1. The summed E-state index contributed by atoms with van der Waals surface area (Å²) in [5.41, 5.74) is 1.29. The molecule has 0 aliphatic carbocycles. The van der Waals surface area contributed by atoms with E-state index in [0.29, 0.717) is 30.7 Å². The molecule has 0 fully saturated rings. The van der Waals surface area contributed by atoms with Gasteiger partial charge in [-0.25, -0.2) is 0 Å². The van der Waals surface area contributed by atoms with Crippen molar-refractivity contribution in [1.29, 1.82) is 0 Å². The molecule has 0 bridgehead atoms. The molecule has 0 unspecified atom stereocenters. The highest BCUT2D eigenvalue weighted by molar-refractivity contribution is 5.90. The van der Waals surface area contributed by atoms with Crippen LogP contribution in [0.3, 0.4) is 0 Å². The van der Waals surface area contributed by atoms with Crippen LogP contribution in [0.15, 0.2) is 24.3 Å². The van der Waals surface area contributed by atoms with E-state index in [1.807, 2.05) is 13.8 Å². The van der Waals surface area contributed by atoms with E-state index >= 15 is 0 Å². The second-order valence-electron chi connectivity index (χ2n) is 4.84. The van der Waals surface area contributed by atoms with Crippen LogP contribution in [-0.4, -0.2) is 29.7 Å². The molecule has 0 saturated carbocycles. The Morgan fingerprint density at radius 2 is 2.10 bits per heavy atom. The summed E-state index contributed by atoms with van der Waals surface area (Å²) in [7, 11) is 0. The Balaban J connectivity index is 2.39. The van der Waals surface area contributed by atoms with E-state index in [1.54, 1.807) is 24.3 Å². The van der Waals surface area contributed by atoms with Gasteiger partial charge in [0.25, 0.3) is 0 Å². The number of nitrogens with one attached hydrogen (secondary N) is 1. The second-order valence-corrected chi connectivity index (χ2v) is 4.84. The normalized spacial score (nSPS) is 10.6. The first kappa shape index (κ1) is 16.2. The predicted octanol–water partition coefficient (Wildman–Crippen LogP) is 2.46. The van der Waals surface area contributed by atoms with Crippen molar-refractivity contribution in [3.8, 4) is 0 Å². The summed E-state index contributed by atoms with van der Waals surface area (Å²) in [5.74, 6) is -0.982. The fraction of sp³-hybridized carbons (Fsp3) is 0.467. The summed E-state index contributed by atoms with van der Waals surface area (Å²) >= 11 is 0. The smallest absolute Gasteiger partial charge is 0.307 e. The maximum Gasteiger partial charge on any atom is 0.307 e. The standard InChI is InChI=1S/C15H21NO4/c1-11(2)20-8-4-7-14(17)16-13-6-3-5-12(9-13)10-15(18)19/h3,5-6,9,11H,4,7-8,10H2,1-2H3,(H,16,17)(H,18,19). The molecule has 0 radical (unpaired) electrons. The molecular formula is C15H21NO4. The van der Waals surface area contributed by atoms with Crippen molar-refractivity contribution in [1.82, 2.24) is 0 Å². The molecule has 0 spiro atoms. The summed E-state index contributed by atoms with van der Waals surface area (Å²) < 4.78 is 5.36. The van der Waals surface area contributed by atoms with Crippen molar-refractivity contribution < 1.29 is 19.4 Å². The van der Waals surface area contributed by atoms with Crippen LogP contribution in [0.2, 0.25) is 0 Å². The fourth-order valence-electron chi connectivity index (χ4n) is 1.71. The van der Waals surface area contributed by atoms with Crippen LogP contribution in [0.5, 0.6) is 0 Å². The number of ether oxygens (including phenoxy) is 1. The quantitative estimate of drug-likeness (QED) is 0.717. The van der Waals surface area contributed by atoms with Crippen LogP contribution in [0, 0.1) is 0 Å². The maximum atomic E-state index is 11.7. The first-order valence-corrected chi connectivity index (χ1v) is 6.69. The second kappa shape index (κ2) is 8.32. The van der Waals surface area contributed by atoms with Crippen LogP contribution in [-0.2, 0) is 20.7 Å². The lowest BCUT2D eigenvalue weighted by Gasteiger charge is -2.08. The van der Waals surface area contributed by atoms with Crippen LogP contribution in [0.4, 0.5) is 5.69 Å². The lowest BCUT2D eigenvalue weighted by atomic mass is 10.1. The molecule has 0 aliphatic rings. The van der Waals surface area contributed by atoms with E-state index < -0.39 is 5.97 Å². The van der Waals surface area contributed by atoms with Gasteiger partial charge in [0.15, 0.2) is 0 Å². The molecule has 110 valence electrons. The molecule has 0 heterocycles. The molecule has 1 amide bonds. The van der Waals surface area contributed by atoms with E-state index in [0.717, 1.165) is 0 Å². The molecule has 2 N–H and O–H groups in total. The van der Waals surface area contributed by atoms with Gasteiger partial charge in [0.1, 0.15) is 0 Å². The van der Waals surface area contributed by atoms with Crippen molar-refractivity contribution in [2.45, 2.75) is 39.2 Å². The number of hydrogen-bond donors (Lipinski definition) is 2. The Morgan fingerprint density at radius 1 is 1.35 bits per heavy atom. The Morgan fingerprint density at radius 3 is 2.75 bits per heavy atom. The number of benzene rings is 1. The lowest BCUT2D eigenvalue weighted by molar-refractivity contribution is -0.136. The van der Waals surface area contributed by atoms with Gasteiger partial charge >= 0.3 is 5.97 Å². The Hall–Kier alpha value is -1.88. The van der Waals surface area contributed by atoms with Crippen LogP contribution in [0.1, 0.15) is 32.3 Å². The van der Waals surface area contributed by atoms with Gasteiger partial charge in [0.05, 0.1) is 12.5 Å². The topological polar surface area (TPSA) is 75.6 Å². The van der Waals surface area contributed by atoms with Crippen molar-refractivity contribution in [2.75, 3.05) is 11.9 Å². The number of rotatable bonds is 8. The number of anilines is 1. The largest absolute Gasteiger partial charge is 0.481 e. The van der Waals surface area contributed by atoms with Crippen LogP contribution in [0.25, 0.3) is 0 Å². The van der Waals surface area contributed by atoms with Gasteiger partial charge in [-0.1, -0.05) is 12.1 Å². The number of carboxylic acids is 1. The highest BCUT2D eigenvalue weighted by Gasteiger charge is 2.05. The molecule has 1 rings (SSSR count). The predicted molar refractivity (Wildman–Crippen MR) is 76.7 cm³/mol. The Kier molecular flexibility index (Phi) is 6.73. The zero-order valence-corrected chi connectivity index (χ0v) is 11.9. The van der Waals surface area contributed by atoms with E-state index in [4.69, 9.17) is 9.84 Å². The van der Waals surface area contributed by atoms with Crippen molar-refractivity contribution >= 4 is 17.6 Å². The van der Waals surface area contributed by atoms with Crippen molar-refractivity contribution in [3.05, 3.63) is 29.8 Å². The summed E-state index contributed by atoms with van der Waals surface area (Å²) in [6.07, 6.45) is 1.17. The number of hydrogen-bond acceptors (Lipinski definition) is 3. The molecule has 0 aromatic heterocycles. The number of amides is 1. The maximum absolute atomic E-state index is 11.7. The minimum atomic E-state index is -0.890. The first-order valence-electron chi connectivity index (χ1n) is 6.69. The number of carbonyl (C=O) groups excluding carboxylic acids is 1. The molecule has 20 heavy (non-hydrogen) atoms. The van der Waals surface area contributed by atoms with Crippen molar-refractivity contribution in [3.63, 3.8) is 0 Å². The Bertz CT molecular complexity index is 457. The molecule has 0 saturated heterocycles. The number of carbonyl (C=O) groups is 2. The first-order chi connectivity index (χ1) is 9.47. The Labute approximate surface area is 118 Å². The van der Waals surface area contributed by atoms with E-state index in [2.05, 4.69) is 5.32 Å². The van der Waals surface area contributed by atoms with Gasteiger partial charge in [-0.3, -0.25) is 9.59 Å². The molecule has 0 atom stereocenters. The van der Waals surface area contributed by atoms with E-state index in [1.165, 1.54) is 0 Å². The van der Waals surface area contributed by atoms with Gasteiger partial charge in [0.2, 0.25) is 5.91 Å². The molecule has 0 aliphatic heterocycles. The average Bonchev–Trinajstić information content (AvgIpc) is 2.34. The highest BCUT2D eigenvalue weighted by Crippen LogP contribution is 2.12. The third kappa shape index (κ3) is 6.89. The van der Waals surface area contributed by atoms with E-state index in [9.17, 15) is 9.59 Å². The zero-order chi connectivity index (χ0) is 15.0. The summed E-state index contributed by atoms with van der Waals surface area (Å²) in [6.45, 7) is 4.46. The van der Waals surface area contributed by atoms with Gasteiger partial charge < -0.3 is 15.2 Å². The summed E-state index contributed by atoms with van der Waals surface area (Å²) in [4.78, 5) is 22.3. The molecular weight excluding hydrogens is 258 g/mol. The van der Waals surface area contributed by atoms with Crippen molar-refractivity contribution in [2.24, 2.45) is 0 Å². The zero-order valence-electron chi connectivity index (χ0n) is 11.9. The third-order valence-corrected chi connectivity index (χ3v) is 2.57. The highest BCUT2D eigenvalue weighted by atomic mass is 16.5. The molecule has 1 aromatic rings. The fourth-order valence-corrected chi connectivity index (χ4v) is 1.71. The van der Waals surface area contributed by atoms with Gasteiger partial charge in [-0.2, -0.15) is 0 Å².